The fourth-order valence-electron chi connectivity index (χ4n) is 2.88. The van der Waals surface area contributed by atoms with Crippen LogP contribution in [0, 0.1) is 11.8 Å². The number of hydrogen-bond donors (Lipinski definition) is 5. The summed E-state index contributed by atoms with van der Waals surface area (Å²) in [6, 6.07) is 6.37. The van der Waals surface area contributed by atoms with Gasteiger partial charge in [-0.25, -0.2) is 10.3 Å². The summed E-state index contributed by atoms with van der Waals surface area (Å²) in [7, 11) is 0. The number of hydrogen-bond acceptors (Lipinski definition) is 4. The Hall–Kier alpha value is -2.87. The largest absolute Gasteiger partial charge is 0.480 e. The van der Waals surface area contributed by atoms with E-state index in [1.54, 1.807) is 20.0 Å². The summed E-state index contributed by atoms with van der Waals surface area (Å²) in [6.07, 6.45) is 1.62. The first-order valence-corrected chi connectivity index (χ1v) is 8.34. The maximum absolute atomic E-state index is 12.5. The van der Waals surface area contributed by atoms with Crippen LogP contribution in [0.15, 0.2) is 30.5 Å². The van der Waals surface area contributed by atoms with Crippen molar-refractivity contribution in [1.29, 1.82) is 0 Å². The van der Waals surface area contributed by atoms with Gasteiger partial charge >= 0.3 is 5.97 Å². The maximum atomic E-state index is 12.5. The SMILES string of the molecule is CC(C)C(CC(=O)NO)C(=O)N[C@@H](Cc1c[nH]c2ccccc12)C(=O)O. The molecule has 1 aromatic carbocycles. The number of carbonyl (C=O) groups excluding carboxylic acids is 2. The molecule has 2 amide bonds. The van der Waals surface area contributed by atoms with E-state index in [0.717, 1.165) is 16.5 Å². The highest BCUT2D eigenvalue weighted by Gasteiger charge is 2.29. The van der Waals surface area contributed by atoms with Crippen molar-refractivity contribution >= 4 is 28.7 Å². The Kier molecular flexibility index (Phi) is 6.35. The van der Waals surface area contributed by atoms with Gasteiger partial charge in [-0.15, -0.1) is 0 Å². The lowest BCUT2D eigenvalue weighted by molar-refractivity contribution is -0.143. The molecule has 1 unspecified atom stereocenters. The van der Waals surface area contributed by atoms with Crippen LogP contribution < -0.4 is 10.8 Å². The van der Waals surface area contributed by atoms with E-state index in [0.29, 0.717) is 0 Å². The summed E-state index contributed by atoms with van der Waals surface area (Å²) < 4.78 is 0. The zero-order valence-corrected chi connectivity index (χ0v) is 14.7. The molecule has 0 aliphatic heterocycles. The third kappa shape index (κ3) is 4.60. The lowest BCUT2D eigenvalue weighted by atomic mass is 9.90. The van der Waals surface area contributed by atoms with Crippen LogP contribution >= 0.6 is 0 Å². The number of para-hydroxylation sites is 1. The van der Waals surface area contributed by atoms with E-state index in [1.807, 2.05) is 24.3 Å². The lowest BCUT2D eigenvalue weighted by Gasteiger charge is -2.22. The van der Waals surface area contributed by atoms with Gasteiger partial charge < -0.3 is 15.4 Å². The van der Waals surface area contributed by atoms with E-state index in [-0.39, 0.29) is 18.8 Å². The van der Waals surface area contributed by atoms with Gasteiger partial charge in [-0.2, -0.15) is 0 Å². The second-order valence-electron chi connectivity index (χ2n) is 6.55. The monoisotopic (exact) mass is 361 g/mol. The normalized spacial score (nSPS) is 13.4. The molecule has 26 heavy (non-hydrogen) atoms. The predicted octanol–water partition coefficient (Wildman–Crippen LogP) is 1.45. The fourth-order valence-corrected chi connectivity index (χ4v) is 2.88. The number of H-pyrrole nitrogens is 1. The van der Waals surface area contributed by atoms with Crippen molar-refractivity contribution in [3.05, 3.63) is 36.0 Å². The van der Waals surface area contributed by atoms with Gasteiger partial charge in [-0.1, -0.05) is 32.0 Å². The van der Waals surface area contributed by atoms with Gasteiger partial charge in [0.2, 0.25) is 11.8 Å². The maximum Gasteiger partial charge on any atom is 0.326 e. The molecule has 0 radical (unpaired) electrons. The van der Waals surface area contributed by atoms with Crippen LogP contribution in [-0.4, -0.2) is 39.1 Å². The molecule has 2 rings (SSSR count). The Morgan fingerprint density at radius 3 is 2.50 bits per heavy atom. The van der Waals surface area contributed by atoms with E-state index >= 15 is 0 Å². The van der Waals surface area contributed by atoms with Gasteiger partial charge in [0.05, 0.1) is 0 Å². The van der Waals surface area contributed by atoms with Crippen molar-refractivity contribution in [3.63, 3.8) is 0 Å². The van der Waals surface area contributed by atoms with Crippen molar-refractivity contribution in [2.75, 3.05) is 0 Å². The van der Waals surface area contributed by atoms with Gasteiger partial charge in [-0.3, -0.25) is 14.8 Å². The third-order valence-corrected chi connectivity index (χ3v) is 4.39. The van der Waals surface area contributed by atoms with Gasteiger partial charge in [0.25, 0.3) is 0 Å². The van der Waals surface area contributed by atoms with Crippen LogP contribution in [0.1, 0.15) is 25.8 Å². The number of carboxylic acids is 1. The highest BCUT2D eigenvalue weighted by molar-refractivity contribution is 5.89. The quantitative estimate of drug-likeness (QED) is 0.359. The van der Waals surface area contributed by atoms with Crippen LogP contribution in [-0.2, 0) is 20.8 Å². The van der Waals surface area contributed by atoms with E-state index in [4.69, 9.17) is 5.21 Å². The van der Waals surface area contributed by atoms with Crippen molar-refractivity contribution in [2.45, 2.75) is 32.7 Å². The Labute approximate surface area is 150 Å². The molecule has 1 heterocycles. The second-order valence-corrected chi connectivity index (χ2v) is 6.55. The van der Waals surface area contributed by atoms with E-state index in [2.05, 4.69) is 10.3 Å². The first-order valence-electron chi connectivity index (χ1n) is 8.34. The Balaban J connectivity index is 2.15. The summed E-state index contributed by atoms with van der Waals surface area (Å²) in [4.78, 5) is 38.6. The van der Waals surface area contributed by atoms with Crippen LogP contribution in [0.4, 0.5) is 0 Å². The van der Waals surface area contributed by atoms with Crippen molar-refractivity contribution in [1.82, 2.24) is 15.8 Å². The van der Waals surface area contributed by atoms with Crippen LogP contribution in [0.25, 0.3) is 10.9 Å². The number of hydroxylamine groups is 1. The van der Waals surface area contributed by atoms with E-state index < -0.39 is 29.7 Å². The van der Waals surface area contributed by atoms with Crippen LogP contribution in [0.5, 0.6) is 0 Å². The first-order chi connectivity index (χ1) is 12.3. The highest BCUT2D eigenvalue weighted by Crippen LogP contribution is 2.20. The molecule has 5 N–H and O–H groups in total. The van der Waals surface area contributed by atoms with Crippen LogP contribution in [0.2, 0.25) is 0 Å². The summed E-state index contributed by atoms with van der Waals surface area (Å²) in [5.41, 5.74) is 3.17. The smallest absolute Gasteiger partial charge is 0.326 e. The number of rotatable bonds is 8. The standard InChI is InChI=1S/C18H23N3O5/c1-10(2)13(8-16(22)21-26)17(23)20-15(18(24)25)7-11-9-19-14-6-4-3-5-12(11)14/h3-6,9-10,13,15,19,26H,7-8H2,1-2H3,(H,20,23)(H,21,22)(H,24,25)/t13?,15-/m0/s1. The number of fused-ring (bicyclic) bond motifs is 1. The molecule has 140 valence electrons. The molecule has 0 saturated heterocycles. The number of carboxylic acid groups (broad SMARTS) is 1. The number of carbonyl (C=O) groups is 3. The minimum Gasteiger partial charge on any atom is -0.480 e. The Bertz CT molecular complexity index is 799. The van der Waals surface area contributed by atoms with Gasteiger partial charge in [-0.05, 0) is 17.5 Å². The predicted molar refractivity (Wildman–Crippen MR) is 94.4 cm³/mol. The molecule has 8 heteroatoms. The average Bonchev–Trinajstić information content (AvgIpc) is 3.01. The molecule has 2 atom stereocenters. The average molecular weight is 361 g/mol. The molecule has 0 fully saturated rings. The molecule has 0 bridgehead atoms. The first kappa shape index (κ1) is 19.5. The Morgan fingerprint density at radius 2 is 1.88 bits per heavy atom. The van der Waals surface area contributed by atoms with Gasteiger partial charge in [0.15, 0.2) is 0 Å². The third-order valence-electron chi connectivity index (χ3n) is 4.39. The number of benzene rings is 1. The van der Waals surface area contributed by atoms with Crippen molar-refractivity contribution < 1.29 is 24.7 Å². The molecule has 8 nitrogen and oxygen atoms in total. The van der Waals surface area contributed by atoms with E-state index in [1.165, 1.54) is 5.48 Å². The zero-order chi connectivity index (χ0) is 19.3. The van der Waals surface area contributed by atoms with Crippen molar-refractivity contribution in [2.24, 2.45) is 11.8 Å². The molecular weight excluding hydrogens is 338 g/mol. The molecule has 0 saturated carbocycles. The number of aliphatic carboxylic acids is 1. The van der Waals surface area contributed by atoms with Gasteiger partial charge in [0.1, 0.15) is 6.04 Å². The summed E-state index contributed by atoms with van der Waals surface area (Å²) in [5, 5.41) is 21.6. The van der Waals surface area contributed by atoms with Crippen molar-refractivity contribution in [3.8, 4) is 0 Å². The topological polar surface area (TPSA) is 132 Å². The minimum absolute atomic E-state index is 0.113. The molecule has 0 aliphatic carbocycles. The second kappa shape index (κ2) is 8.48. The summed E-state index contributed by atoms with van der Waals surface area (Å²) in [6.45, 7) is 3.51. The Morgan fingerprint density at radius 1 is 1.19 bits per heavy atom. The molecule has 0 aliphatic rings. The van der Waals surface area contributed by atoms with Gasteiger partial charge in [0, 0.05) is 35.9 Å². The molecule has 1 aromatic heterocycles. The zero-order valence-electron chi connectivity index (χ0n) is 14.7. The molecule has 0 spiro atoms. The number of aromatic nitrogens is 1. The highest BCUT2D eigenvalue weighted by atomic mass is 16.5. The number of amides is 2. The summed E-state index contributed by atoms with van der Waals surface area (Å²) in [5.74, 6) is -3.32. The minimum atomic E-state index is -1.15. The lowest BCUT2D eigenvalue weighted by Crippen LogP contribution is -2.46. The number of aromatic amines is 1. The fraction of sp³-hybridized carbons (Fsp3) is 0.389. The molecule has 2 aromatic rings. The number of nitrogens with one attached hydrogen (secondary N) is 3. The molecular formula is C18H23N3O5. The van der Waals surface area contributed by atoms with Crippen LogP contribution in [0.3, 0.4) is 0 Å². The van der Waals surface area contributed by atoms with E-state index in [9.17, 15) is 19.5 Å². The summed E-state index contributed by atoms with van der Waals surface area (Å²) >= 11 is 0.